The molecular formula is C12H18O2S. The van der Waals surface area contributed by atoms with Gasteiger partial charge in [0.25, 0.3) is 0 Å². The maximum atomic E-state index is 11.8. The Kier molecular flexibility index (Phi) is 4.48. The van der Waals surface area contributed by atoms with Crippen molar-refractivity contribution in [2.24, 2.45) is 0 Å². The molecule has 0 spiro atoms. The molecule has 0 radical (unpaired) electrons. The number of aliphatic hydroxyl groups is 1. The van der Waals surface area contributed by atoms with Crippen LogP contribution in [0, 0.1) is 6.92 Å². The summed E-state index contributed by atoms with van der Waals surface area (Å²) in [6.07, 6.45) is 0. The molecule has 0 amide bonds. The van der Waals surface area contributed by atoms with Gasteiger partial charge in [0.1, 0.15) is 0 Å². The standard InChI is InChI=1S/C12H18O2S/c1-9(2)11-5-4-10(3)12(8-11)15(14)7-6-13/h4-5,8-9,13H,6-7H2,1-3H3/t15-/m0/s1. The topological polar surface area (TPSA) is 37.3 Å². The Balaban J connectivity index is 3.05. The summed E-state index contributed by atoms with van der Waals surface area (Å²) in [5, 5.41) is 8.77. The summed E-state index contributed by atoms with van der Waals surface area (Å²) in [4.78, 5) is 0.857. The van der Waals surface area contributed by atoms with E-state index in [-0.39, 0.29) is 6.61 Å². The number of aryl methyl sites for hydroxylation is 1. The Morgan fingerprint density at radius 1 is 1.40 bits per heavy atom. The van der Waals surface area contributed by atoms with Crippen LogP contribution in [0.3, 0.4) is 0 Å². The minimum atomic E-state index is -1.07. The smallest absolute Gasteiger partial charge is 0.0555 e. The first-order valence-electron chi connectivity index (χ1n) is 5.16. The van der Waals surface area contributed by atoms with E-state index in [0.717, 1.165) is 10.5 Å². The van der Waals surface area contributed by atoms with Crippen molar-refractivity contribution >= 4 is 10.8 Å². The van der Waals surface area contributed by atoms with Crippen molar-refractivity contribution in [1.82, 2.24) is 0 Å². The average molecular weight is 226 g/mol. The molecule has 3 heteroatoms. The zero-order valence-electron chi connectivity index (χ0n) is 9.49. The fourth-order valence-electron chi connectivity index (χ4n) is 1.41. The van der Waals surface area contributed by atoms with Crippen molar-refractivity contribution in [3.05, 3.63) is 29.3 Å². The molecule has 1 atom stereocenters. The van der Waals surface area contributed by atoms with Crippen molar-refractivity contribution in [3.63, 3.8) is 0 Å². The number of benzene rings is 1. The van der Waals surface area contributed by atoms with E-state index in [1.54, 1.807) is 0 Å². The molecule has 1 aromatic carbocycles. The Morgan fingerprint density at radius 2 is 2.07 bits per heavy atom. The third-order valence-corrected chi connectivity index (χ3v) is 3.88. The molecule has 0 fully saturated rings. The third kappa shape index (κ3) is 3.14. The van der Waals surface area contributed by atoms with Gasteiger partial charge in [-0.2, -0.15) is 0 Å². The van der Waals surface area contributed by atoms with Gasteiger partial charge in [-0.15, -0.1) is 0 Å². The van der Waals surface area contributed by atoms with Crippen LogP contribution in [0.2, 0.25) is 0 Å². The van der Waals surface area contributed by atoms with Gasteiger partial charge in [-0.1, -0.05) is 26.0 Å². The first-order chi connectivity index (χ1) is 7.06. The van der Waals surface area contributed by atoms with E-state index in [4.69, 9.17) is 5.11 Å². The van der Waals surface area contributed by atoms with Crippen LogP contribution in [0.15, 0.2) is 23.1 Å². The molecule has 0 aliphatic heterocycles. The van der Waals surface area contributed by atoms with Crippen molar-refractivity contribution < 1.29 is 9.32 Å². The first kappa shape index (κ1) is 12.4. The van der Waals surface area contributed by atoms with Gasteiger partial charge in [-0.05, 0) is 30.0 Å². The highest BCUT2D eigenvalue weighted by Crippen LogP contribution is 2.21. The van der Waals surface area contributed by atoms with Crippen molar-refractivity contribution in [3.8, 4) is 0 Å². The van der Waals surface area contributed by atoms with Crippen LogP contribution in [-0.2, 0) is 10.8 Å². The van der Waals surface area contributed by atoms with Crippen molar-refractivity contribution in [1.29, 1.82) is 0 Å². The van der Waals surface area contributed by atoms with Gasteiger partial charge in [0.2, 0.25) is 0 Å². The summed E-state index contributed by atoms with van der Waals surface area (Å²) in [5.41, 5.74) is 2.23. The summed E-state index contributed by atoms with van der Waals surface area (Å²) in [6.45, 7) is 6.15. The minimum absolute atomic E-state index is 0.0298. The lowest BCUT2D eigenvalue weighted by atomic mass is 10.0. The third-order valence-electron chi connectivity index (χ3n) is 2.40. The van der Waals surface area contributed by atoms with E-state index in [1.165, 1.54) is 5.56 Å². The molecule has 1 aromatic rings. The Morgan fingerprint density at radius 3 is 2.60 bits per heavy atom. The highest BCUT2D eigenvalue weighted by molar-refractivity contribution is 7.85. The summed E-state index contributed by atoms with van der Waals surface area (Å²) in [7, 11) is -1.07. The second kappa shape index (κ2) is 5.42. The maximum absolute atomic E-state index is 11.8. The molecule has 2 nitrogen and oxygen atoms in total. The Hall–Kier alpha value is -0.670. The Bertz CT molecular complexity index is 359. The van der Waals surface area contributed by atoms with E-state index < -0.39 is 10.8 Å². The van der Waals surface area contributed by atoms with E-state index in [1.807, 2.05) is 19.1 Å². The largest absolute Gasteiger partial charge is 0.395 e. The Labute approximate surface area is 93.8 Å². The number of aliphatic hydroxyl groups excluding tert-OH is 1. The fraction of sp³-hybridized carbons (Fsp3) is 0.500. The molecule has 84 valence electrons. The number of rotatable bonds is 4. The molecule has 0 unspecified atom stereocenters. The summed E-state index contributed by atoms with van der Waals surface area (Å²) < 4.78 is 11.8. The predicted molar refractivity (Wildman–Crippen MR) is 63.6 cm³/mol. The SMILES string of the molecule is Cc1ccc(C(C)C)cc1[S@@](=O)CCO. The molecule has 0 aliphatic carbocycles. The highest BCUT2D eigenvalue weighted by atomic mass is 32.2. The average Bonchev–Trinajstić information content (AvgIpc) is 2.18. The van der Waals surface area contributed by atoms with Crippen LogP contribution in [0.4, 0.5) is 0 Å². The van der Waals surface area contributed by atoms with Gasteiger partial charge in [0.05, 0.1) is 23.2 Å². The number of hydrogen-bond acceptors (Lipinski definition) is 2. The lowest BCUT2D eigenvalue weighted by Gasteiger charge is -2.10. The molecule has 1 N–H and O–H groups in total. The lowest BCUT2D eigenvalue weighted by Crippen LogP contribution is -2.04. The lowest BCUT2D eigenvalue weighted by molar-refractivity contribution is 0.321. The second-order valence-corrected chi connectivity index (χ2v) is 5.49. The van der Waals surface area contributed by atoms with Gasteiger partial charge in [-0.25, -0.2) is 0 Å². The van der Waals surface area contributed by atoms with Crippen LogP contribution >= 0.6 is 0 Å². The van der Waals surface area contributed by atoms with E-state index in [0.29, 0.717) is 11.7 Å². The quantitative estimate of drug-likeness (QED) is 0.854. The predicted octanol–water partition coefficient (Wildman–Crippen LogP) is 2.22. The zero-order valence-corrected chi connectivity index (χ0v) is 10.3. The van der Waals surface area contributed by atoms with Gasteiger partial charge in [0, 0.05) is 4.90 Å². The molecule has 0 heterocycles. The molecule has 15 heavy (non-hydrogen) atoms. The van der Waals surface area contributed by atoms with Crippen LogP contribution in [0.25, 0.3) is 0 Å². The zero-order chi connectivity index (χ0) is 11.4. The fourth-order valence-corrected chi connectivity index (χ4v) is 2.49. The monoisotopic (exact) mass is 226 g/mol. The van der Waals surface area contributed by atoms with Crippen LogP contribution in [0.5, 0.6) is 0 Å². The second-order valence-electron chi connectivity index (χ2n) is 3.95. The highest BCUT2D eigenvalue weighted by Gasteiger charge is 2.09. The molecule has 0 aliphatic rings. The molecule has 0 bridgehead atoms. The van der Waals surface area contributed by atoms with Crippen molar-refractivity contribution in [2.75, 3.05) is 12.4 Å². The van der Waals surface area contributed by atoms with Gasteiger partial charge in [-0.3, -0.25) is 4.21 Å². The van der Waals surface area contributed by atoms with Crippen LogP contribution < -0.4 is 0 Å². The van der Waals surface area contributed by atoms with Crippen molar-refractivity contribution in [2.45, 2.75) is 31.6 Å². The minimum Gasteiger partial charge on any atom is -0.395 e. The van der Waals surface area contributed by atoms with Crippen LogP contribution in [0.1, 0.15) is 30.9 Å². The van der Waals surface area contributed by atoms with E-state index >= 15 is 0 Å². The molecule has 0 saturated heterocycles. The summed E-state index contributed by atoms with van der Waals surface area (Å²) in [6, 6.07) is 6.06. The van der Waals surface area contributed by atoms with E-state index in [2.05, 4.69) is 19.9 Å². The normalized spacial score (nSPS) is 13.1. The van der Waals surface area contributed by atoms with Gasteiger partial charge < -0.3 is 5.11 Å². The van der Waals surface area contributed by atoms with Gasteiger partial charge >= 0.3 is 0 Å². The molecule has 1 rings (SSSR count). The number of hydrogen-bond donors (Lipinski definition) is 1. The maximum Gasteiger partial charge on any atom is 0.0555 e. The van der Waals surface area contributed by atoms with Gasteiger partial charge in [0.15, 0.2) is 0 Å². The summed E-state index contributed by atoms with van der Waals surface area (Å²) >= 11 is 0. The molecule has 0 aromatic heterocycles. The first-order valence-corrected chi connectivity index (χ1v) is 6.48. The van der Waals surface area contributed by atoms with Crippen LogP contribution in [-0.4, -0.2) is 21.7 Å². The van der Waals surface area contributed by atoms with E-state index in [9.17, 15) is 4.21 Å². The molecule has 0 saturated carbocycles. The molecular weight excluding hydrogens is 208 g/mol. The summed E-state index contributed by atoms with van der Waals surface area (Å²) in [5.74, 6) is 0.762.